The molecule has 0 aromatic heterocycles. The molecule has 1 unspecified atom stereocenters. The molecule has 1 aromatic carbocycles. The van der Waals surface area contributed by atoms with Crippen molar-refractivity contribution >= 4 is 0 Å². The lowest BCUT2D eigenvalue weighted by Crippen LogP contribution is -2.31. The first-order chi connectivity index (χ1) is 8.86. The maximum Gasteiger partial charge on any atom is 0.0641 e. The number of unbranched alkanes of at least 4 members (excludes halogenated alkanes) is 1. The van der Waals surface area contributed by atoms with Crippen LogP contribution in [0.5, 0.6) is 0 Å². The molecule has 2 rings (SSSR count). The van der Waals surface area contributed by atoms with Gasteiger partial charge in [-0.2, -0.15) is 5.26 Å². The first kappa shape index (κ1) is 13.1. The third-order valence-corrected chi connectivity index (χ3v) is 3.66. The summed E-state index contributed by atoms with van der Waals surface area (Å²) in [5.74, 6) is 0. The largest absolute Gasteiger partial charge is 0.292 e. The molecule has 1 saturated carbocycles. The second-order valence-electron chi connectivity index (χ2n) is 5.11. The highest BCUT2D eigenvalue weighted by Crippen LogP contribution is 2.36. The monoisotopic (exact) mass is 242 g/mol. The molecule has 0 radical (unpaired) electrons. The molecule has 0 bridgehead atoms. The van der Waals surface area contributed by atoms with Crippen LogP contribution in [0.15, 0.2) is 30.3 Å². The Morgan fingerprint density at radius 2 is 2.06 bits per heavy atom. The number of rotatable bonds is 7. The van der Waals surface area contributed by atoms with Gasteiger partial charge in [0.05, 0.1) is 12.5 Å². The van der Waals surface area contributed by atoms with Crippen LogP contribution < -0.4 is 0 Å². The maximum absolute atomic E-state index is 9.10. The molecule has 2 heteroatoms. The maximum atomic E-state index is 9.10. The van der Waals surface area contributed by atoms with Gasteiger partial charge < -0.3 is 0 Å². The fourth-order valence-electron chi connectivity index (χ4n) is 2.53. The fourth-order valence-corrected chi connectivity index (χ4v) is 2.53. The Labute approximate surface area is 110 Å². The van der Waals surface area contributed by atoms with Gasteiger partial charge in [-0.15, -0.1) is 0 Å². The van der Waals surface area contributed by atoms with Gasteiger partial charge in [-0.25, -0.2) is 0 Å². The summed E-state index contributed by atoms with van der Waals surface area (Å²) in [6.07, 6.45) is 5.66. The molecule has 96 valence electrons. The quantitative estimate of drug-likeness (QED) is 0.725. The summed E-state index contributed by atoms with van der Waals surface area (Å²) >= 11 is 0. The van der Waals surface area contributed by atoms with Gasteiger partial charge in [-0.3, -0.25) is 4.90 Å². The molecule has 1 fully saturated rings. The van der Waals surface area contributed by atoms with E-state index in [0.29, 0.717) is 6.42 Å². The van der Waals surface area contributed by atoms with Crippen molar-refractivity contribution < 1.29 is 0 Å². The van der Waals surface area contributed by atoms with Crippen LogP contribution in [0.4, 0.5) is 0 Å². The highest BCUT2D eigenvalue weighted by Gasteiger charge is 2.33. The molecule has 18 heavy (non-hydrogen) atoms. The van der Waals surface area contributed by atoms with Crippen molar-refractivity contribution in [2.45, 2.75) is 51.1 Å². The SMILES string of the molecule is CCCCN(C1CC1)C(CC#N)c1ccccc1. The van der Waals surface area contributed by atoms with Gasteiger partial charge in [0.2, 0.25) is 0 Å². The van der Waals surface area contributed by atoms with E-state index in [1.807, 2.05) is 6.07 Å². The van der Waals surface area contributed by atoms with E-state index < -0.39 is 0 Å². The van der Waals surface area contributed by atoms with Gasteiger partial charge in [0.1, 0.15) is 0 Å². The molecule has 1 aromatic rings. The summed E-state index contributed by atoms with van der Waals surface area (Å²) in [5.41, 5.74) is 1.29. The Morgan fingerprint density at radius 3 is 2.61 bits per heavy atom. The Balaban J connectivity index is 2.13. The van der Waals surface area contributed by atoms with Gasteiger partial charge >= 0.3 is 0 Å². The topological polar surface area (TPSA) is 27.0 Å². The molecule has 0 N–H and O–H groups in total. The molecule has 1 aliphatic carbocycles. The molecule has 2 nitrogen and oxygen atoms in total. The molecule has 0 aliphatic heterocycles. The average Bonchev–Trinajstić information content (AvgIpc) is 3.23. The minimum Gasteiger partial charge on any atom is -0.292 e. The fraction of sp³-hybridized carbons (Fsp3) is 0.562. The minimum absolute atomic E-state index is 0.287. The predicted octanol–water partition coefficient (Wildman–Crippen LogP) is 3.91. The van der Waals surface area contributed by atoms with E-state index in [2.05, 4.69) is 42.2 Å². The first-order valence-electron chi connectivity index (χ1n) is 7.04. The van der Waals surface area contributed by atoms with Gasteiger partial charge in [-0.05, 0) is 31.4 Å². The summed E-state index contributed by atoms with van der Waals surface area (Å²) < 4.78 is 0. The lowest BCUT2D eigenvalue weighted by atomic mass is 10.0. The zero-order valence-electron chi connectivity index (χ0n) is 11.2. The van der Waals surface area contributed by atoms with Crippen molar-refractivity contribution in [3.05, 3.63) is 35.9 Å². The van der Waals surface area contributed by atoms with E-state index in [4.69, 9.17) is 5.26 Å². The highest BCUT2D eigenvalue weighted by molar-refractivity contribution is 5.20. The smallest absolute Gasteiger partial charge is 0.0641 e. The Kier molecular flexibility index (Phi) is 4.78. The summed E-state index contributed by atoms with van der Waals surface area (Å²) in [7, 11) is 0. The van der Waals surface area contributed by atoms with Gasteiger partial charge in [0, 0.05) is 12.1 Å². The van der Waals surface area contributed by atoms with Crippen LogP contribution in [0.25, 0.3) is 0 Å². The lowest BCUT2D eigenvalue weighted by Gasteiger charge is -2.30. The zero-order valence-corrected chi connectivity index (χ0v) is 11.2. The van der Waals surface area contributed by atoms with Gasteiger partial charge in [0.25, 0.3) is 0 Å². The van der Waals surface area contributed by atoms with Crippen molar-refractivity contribution in [2.75, 3.05) is 6.54 Å². The Morgan fingerprint density at radius 1 is 1.33 bits per heavy atom. The Hall–Kier alpha value is -1.33. The molecule has 0 heterocycles. The van der Waals surface area contributed by atoms with Crippen molar-refractivity contribution in [1.82, 2.24) is 4.90 Å². The lowest BCUT2D eigenvalue weighted by molar-refractivity contribution is 0.186. The van der Waals surface area contributed by atoms with Crippen LogP contribution in [0.1, 0.15) is 50.6 Å². The molecular weight excluding hydrogens is 220 g/mol. The number of benzene rings is 1. The van der Waals surface area contributed by atoms with Gasteiger partial charge in [-0.1, -0.05) is 43.7 Å². The second kappa shape index (κ2) is 6.56. The molecule has 0 spiro atoms. The van der Waals surface area contributed by atoms with Crippen LogP contribution in [-0.2, 0) is 0 Å². The van der Waals surface area contributed by atoms with Gasteiger partial charge in [0.15, 0.2) is 0 Å². The van der Waals surface area contributed by atoms with Crippen molar-refractivity contribution in [3.8, 4) is 6.07 Å². The van der Waals surface area contributed by atoms with Crippen LogP contribution in [-0.4, -0.2) is 17.5 Å². The zero-order chi connectivity index (χ0) is 12.8. The second-order valence-corrected chi connectivity index (χ2v) is 5.11. The minimum atomic E-state index is 0.287. The number of hydrogen-bond donors (Lipinski definition) is 0. The van der Waals surface area contributed by atoms with Crippen LogP contribution in [0.2, 0.25) is 0 Å². The Bertz CT molecular complexity index is 389. The van der Waals surface area contributed by atoms with E-state index in [1.54, 1.807) is 0 Å². The number of hydrogen-bond acceptors (Lipinski definition) is 2. The van der Waals surface area contributed by atoms with E-state index in [1.165, 1.54) is 31.2 Å². The van der Waals surface area contributed by atoms with Crippen LogP contribution in [0.3, 0.4) is 0 Å². The number of nitriles is 1. The van der Waals surface area contributed by atoms with Crippen molar-refractivity contribution in [2.24, 2.45) is 0 Å². The van der Waals surface area contributed by atoms with Crippen LogP contribution in [0, 0.1) is 11.3 Å². The summed E-state index contributed by atoms with van der Waals surface area (Å²) in [6, 6.07) is 13.9. The van der Waals surface area contributed by atoms with E-state index in [-0.39, 0.29) is 6.04 Å². The summed E-state index contributed by atoms with van der Waals surface area (Å²) in [6.45, 7) is 3.36. The molecule has 1 atom stereocenters. The average molecular weight is 242 g/mol. The summed E-state index contributed by atoms with van der Waals surface area (Å²) in [5, 5.41) is 9.10. The van der Waals surface area contributed by atoms with Crippen molar-refractivity contribution in [3.63, 3.8) is 0 Å². The molecular formula is C16H22N2. The van der Waals surface area contributed by atoms with E-state index in [9.17, 15) is 0 Å². The summed E-state index contributed by atoms with van der Waals surface area (Å²) in [4.78, 5) is 2.56. The third kappa shape index (κ3) is 3.34. The highest BCUT2D eigenvalue weighted by atomic mass is 15.2. The normalized spacial score (nSPS) is 16.5. The standard InChI is InChI=1S/C16H22N2/c1-2-3-13-18(15-9-10-15)16(11-12-17)14-7-5-4-6-8-14/h4-8,15-16H,2-3,9-11,13H2,1H3. The number of nitrogens with zero attached hydrogens (tertiary/aromatic N) is 2. The van der Waals surface area contributed by atoms with Crippen molar-refractivity contribution in [1.29, 1.82) is 5.26 Å². The first-order valence-corrected chi connectivity index (χ1v) is 7.04. The third-order valence-electron chi connectivity index (χ3n) is 3.66. The molecule has 0 saturated heterocycles. The molecule has 0 amide bonds. The van der Waals surface area contributed by atoms with E-state index in [0.717, 1.165) is 12.6 Å². The van der Waals surface area contributed by atoms with E-state index >= 15 is 0 Å². The predicted molar refractivity (Wildman–Crippen MR) is 74.0 cm³/mol. The van der Waals surface area contributed by atoms with Crippen LogP contribution >= 0.6 is 0 Å². The molecule has 1 aliphatic rings.